The molecule has 0 saturated carbocycles. The second-order valence-electron chi connectivity index (χ2n) is 4.47. The second-order valence-corrected chi connectivity index (χ2v) is 4.47. The zero-order chi connectivity index (χ0) is 17.5. The number of carbonyl (C=O) groups excluding carboxylic acids is 2. The van der Waals surface area contributed by atoms with Gasteiger partial charge in [-0.1, -0.05) is 0 Å². The van der Waals surface area contributed by atoms with Crippen LogP contribution < -0.4 is 10.7 Å². The summed E-state index contributed by atoms with van der Waals surface area (Å²) in [6.07, 6.45) is 2.53. The van der Waals surface area contributed by atoms with E-state index in [0.717, 1.165) is 18.3 Å². The lowest BCUT2D eigenvalue weighted by Gasteiger charge is -2.01. The van der Waals surface area contributed by atoms with Gasteiger partial charge in [0.05, 0.1) is 23.9 Å². The number of hydrazone groups is 1. The van der Waals surface area contributed by atoms with Crippen molar-refractivity contribution in [3.63, 3.8) is 0 Å². The summed E-state index contributed by atoms with van der Waals surface area (Å²) in [5.41, 5.74) is 1.74. The van der Waals surface area contributed by atoms with E-state index < -0.39 is 28.2 Å². The fraction of sp³-hybridized carbons (Fsp3) is 0.0714. The Labute approximate surface area is 134 Å². The maximum Gasteiger partial charge on any atom is 0.329 e. The largest absolute Gasteiger partial charge is 0.502 e. The van der Waals surface area contributed by atoms with E-state index in [0.29, 0.717) is 5.76 Å². The third-order valence-electron chi connectivity index (χ3n) is 2.79. The van der Waals surface area contributed by atoms with Crippen LogP contribution >= 0.6 is 0 Å². The van der Waals surface area contributed by atoms with Crippen LogP contribution in [0.3, 0.4) is 0 Å². The number of nitro benzene ring substituents is 1. The van der Waals surface area contributed by atoms with Crippen molar-refractivity contribution in [2.75, 3.05) is 0 Å². The zero-order valence-electron chi connectivity index (χ0n) is 12.1. The molecule has 0 atom stereocenters. The number of amides is 2. The number of aromatic hydroxyl groups is 1. The lowest BCUT2D eigenvalue weighted by atomic mass is 10.2. The lowest BCUT2D eigenvalue weighted by molar-refractivity contribution is -0.385. The van der Waals surface area contributed by atoms with Crippen molar-refractivity contribution in [2.45, 2.75) is 6.54 Å². The van der Waals surface area contributed by atoms with E-state index in [1.807, 2.05) is 5.43 Å². The minimum atomic E-state index is -1.01. The van der Waals surface area contributed by atoms with Gasteiger partial charge in [-0.3, -0.25) is 19.7 Å². The van der Waals surface area contributed by atoms with Crippen molar-refractivity contribution in [3.8, 4) is 5.75 Å². The normalized spacial score (nSPS) is 10.5. The molecule has 0 radical (unpaired) electrons. The van der Waals surface area contributed by atoms with Gasteiger partial charge in [-0.25, -0.2) is 5.43 Å². The summed E-state index contributed by atoms with van der Waals surface area (Å²) in [5.74, 6) is -1.93. The smallest absolute Gasteiger partial charge is 0.329 e. The molecule has 1 aromatic heterocycles. The van der Waals surface area contributed by atoms with E-state index in [9.17, 15) is 24.8 Å². The molecule has 2 aromatic rings. The molecule has 0 saturated heterocycles. The molecule has 1 heterocycles. The Hall–Kier alpha value is -3.69. The summed E-state index contributed by atoms with van der Waals surface area (Å²) in [6, 6.07) is 6.82. The number of hydrogen-bond donors (Lipinski definition) is 3. The van der Waals surface area contributed by atoms with E-state index in [-0.39, 0.29) is 12.1 Å². The Balaban J connectivity index is 1.88. The number of carbonyl (C=O) groups is 2. The SMILES string of the molecule is O=C(NCc1ccco1)C(=O)N/N=C/c1ccc(O)c([N+](=O)[O-])c1. The molecule has 0 aliphatic carbocycles. The first-order valence-corrected chi connectivity index (χ1v) is 6.58. The number of phenolic OH excluding ortho intramolecular Hbond substituents is 1. The fourth-order valence-electron chi connectivity index (χ4n) is 1.64. The Kier molecular flexibility index (Phi) is 5.24. The van der Waals surface area contributed by atoms with E-state index in [4.69, 9.17) is 4.42 Å². The molecular formula is C14H12N4O6. The minimum absolute atomic E-state index is 0.0487. The summed E-state index contributed by atoms with van der Waals surface area (Å²) in [6.45, 7) is 0.0487. The number of furan rings is 1. The van der Waals surface area contributed by atoms with Crippen LogP contribution in [0, 0.1) is 10.1 Å². The van der Waals surface area contributed by atoms with Gasteiger partial charge >= 0.3 is 17.5 Å². The number of nitrogens with zero attached hydrogens (tertiary/aromatic N) is 2. The highest BCUT2D eigenvalue weighted by Gasteiger charge is 2.14. The second kappa shape index (κ2) is 7.54. The molecule has 2 rings (SSSR count). The van der Waals surface area contributed by atoms with Gasteiger partial charge in [0.1, 0.15) is 5.76 Å². The van der Waals surface area contributed by atoms with Crippen LogP contribution in [-0.4, -0.2) is 28.1 Å². The van der Waals surface area contributed by atoms with Gasteiger partial charge in [0, 0.05) is 11.6 Å². The average Bonchev–Trinajstić information content (AvgIpc) is 3.07. The molecule has 24 heavy (non-hydrogen) atoms. The minimum Gasteiger partial charge on any atom is -0.502 e. The molecule has 3 N–H and O–H groups in total. The standard InChI is InChI=1S/C14H12N4O6/c19-12-4-3-9(6-11(12)18(22)23)7-16-17-14(21)13(20)15-8-10-2-1-5-24-10/h1-7,19H,8H2,(H,15,20)(H,17,21)/b16-7+. The van der Waals surface area contributed by atoms with E-state index in [1.165, 1.54) is 12.3 Å². The van der Waals surface area contributed by atoms with Crippen LogP contribution in [0.1, 0.15) is 11.3 Å². The Morgan fingerprint density at radius 3 is 2.79 bits per heavy atom. The molecule has 0 bridgehead atoms. The van der Waals surface area contributed by atoms with Crippen molar-refractivity contribution >= 4 is 23.7 Å². The van der Waals surface area contributed by atoms with Gasteiger partial charge in [0.2, 0.25) is 0 Å². The van der Waals surface area contributed by atoms with E-state index in [2.05, 4.69) is 10.4 Å². The van der Waals surface area contributed by atoms with Crippen molar-refractivity contribution in [2.24, 2.45) is 5.10 Å². The highest BCUT2D eigenvalue weighted by molar-refractivity contribution is 6.35. The van der Waals surface area contributed by atoms with Crippen LogP contribution in [0.25, 0.3) is 0 Å². The molecule has 1 aromatic carbocycles. The van der Waals surface area contributed by atoms with Gasteiger partial charge in [-0.15, -0.1) is 0 Å². The Morgan fingerprint density at radius 1 is 1.33 bits per heavy atom. The van der Waals surface area contributed by atoms with Gasteiger partial charge in [0.25, 0.3) is 0 Å². The topological polar surface area (TPSA) is 147 Å². The number of nitrogens with one attached hydrogen (secondary N) is 2. The molecule has 0 aliphatic rings. The molecule has 10 heteroatoms. The molecule has 0 aliphatic heterocycles. The van der Waals surface area contributed by atoms with Crippen molar-refractivity contribution in [1.29, 1.82) is 0 Å². The maximum absolute atomic E-state index is 11.5. The molecule has 0 spiro atoms. The number of rotatable bonds is 5. The molecular weight excluding hydrogens is 320 g/mol. The van der Waals surface area contributed by atoms with Crippen LogP contribution in [-0.2, 0) is 16.1 Å². The monoisotopic (exact) mass is 332 g/mol. The lowest BCUT2D eigenvalue weighted by Crippen LogP contribution is -2.37. The Morgan fingerprint density at radius 2 is 2.12 bits per heavy atom. The molecule has 2 amide bonds. The van der Waals surface area contributed by atoms with Gasteiger partial charge in [0.15, 0.2) is 5.75 Å². The first kappa shape index (κ1) is 16.7. The fourth-order valence-corrected chi connectivity index (χ4v) is 1.64. The third-order valence-corrected chi connectivity index (χ3v) is 2.79. The van der Waals surface area contributed by atoms with Gasteiger partial charge in [-0.2, -0.15) is 5.10 Å². The van der Waals surface area contributed by atoms with E-state index >= 15 is 0 Å². The predicted octanol–water partition coefficient (Wildman–Crippen LogP) is 0.660. The van der Waals surface area contributed by atoms with Crippen LogP contribution in [0.5, 0.6) is 5.75 Å². The maximum atomic E-state index is 11.5. The van der Waals surface area contributed by atoms with Gasteiger partial charge < -0.3 is 14.8 Å². The number of phenols is 1. The predicted molar refractivity (Wildman–Crippen MR) is 81.1 cm³/mol. The van der Waals surface area contributed by atoms with E-state index in [1.54, 1.807) is 12.1 Å². The zero-order valence-corrected chi connectivity index (χ0v) is 12.1. The quantitative estimate of drug-likeness (QED) is 0.317. The highest BCUT2D eigenvalue weighted by atomic mass is 16.6. The third kappa shape index (κ3) is 4.40. The molecule has 124 valence electrons. The summed E-state index contributed by atoms with van der Waals surface area (Å²) in [5, 5.41) is 25.8. The van der Waals surface area contributed by atoms with Crippen LogP contribution in [0.15, 0.2) is 46.1 Å². The Bertz CT molecular complexity index is 785. The number of hydrogen-bond acceptors (Lipinski definition) is 7. The molecule has 0 unspecified atom stereocenters. The summed E-state index contributed by atoms with van der Waals surface area (Å²) in [7, 11) is 0. The summed E-state index contributed by atoms with van der Waals surface area (Å²) in [4.78, 5) is 32.9. The summed E-state index contributed by atoms with van der Waals surface area (Å²) >= 11 is 0. The van der Waals surface area contributed by atoms with Crippen LogP contribution in [0.2, 0.25) is 0 Å². The first-order valence-electron chi connectivity index (χ1n) is 6.58. The number of benzene rings is 1. The van der Waals surface area contributed by atoms with Crippen molar-refractivity contribution in [3.05, 3.63) is 58.0 Å². The van der Waals surface area contributed by atoms with Gasteiger partial charge in [-0.05, 0) is 24.3 Å². The highest BCUT2D eigenvalue weighted by Crippen LogP contribution is 2.25. The van der Waals surface area contributed by atoms with Crippen molar-refractivity contribution < 1.29 is 24.0 Å². The van der Waals surface area contributed by atoms with Crippen molar-refractivity contribution in [1.82, 2.24) is 10.7 Å². The number of nitro groups is 1. The molecule has 0 fully saturated rings. The summed E-state index contributed by atoms with van der Waals surface area (Å²) < 4.78 is 4.99. The van der Waals surface area contributed by atoms with Crippen LogP contribution in [0.4, 0.5) is 5.69 Å². The molecule has 10 nitrogen and oxygen atoms in total. The first-order chi connectivity index (χ1) is 11.5. The average molecular weight is 332 g/mol.